The third kappa shape index (κ3) is 8.00. The van der Waals surface area contributed by atoms with Crippen molar-refractivity contribution >= 4 is 11.7 Å². The fourth-order valence-corrected chi connectivity index (χ4v) is 10.7. The van der Waals surface area contributed by atoms with Gasteiger partial charge in [0.05, 0.1) is 53.7 Å². The molecule has 0 saturated carbocycles. The lowest BCUT2D eigenvalue weighted by Crippen LogP contribution is -2.63. The average molecular weight is 764 g/mol. The van der Waals surface area contributed by atoms with Crippen molar-refractivity contribution in [2.75, 3.05) is 7.05 Å². The molecule has 0 aliphatic carbocycles. The molecular formula is C43H73NO10. The van der Waals surface area contributed by atoms with Gasteiger partial charge in [0.25, 0.3) is 0 Å². The zero-order valence-electron chi connectivity index (χ0n) is 35.0. The molecule has 4 N–H and O–H groups in total. The number of hydrogen-bond donors (Lipinski definition) is 4. The Hall–Kier alpha value is -1.44. The van der Waals surface area contributed by atoms with Gasteiger partial charge in [-0.05, 0) is 95.6 Å². The first-order valence-corrected chi connectivity index (χ1v) is 21.3. The Morgan fingerprint density at radius 3 is 2.20 bits per heavy atom. The lowest BCUT2D eigenvalue weighted by atomic mass is 9.72. The molecule has 54 heavy (non-hydrogen) atoms. The number of amides is 1. The second kappa shape index (κ2) is 16.8. The maximum atomic E-state index is 14.5. The van der Waals surface area contributed by atoms with Crippen molar-refractivity contribution in [3.8, 4) is 0 Å². The third-order valence-corrected chi connectivity index (χ3v) is 14.7. The fraction of sp³-hybridized carbons (Fsp3) is 0.907. The van der Waals surface area contributed by atoms with Crippen LogP contribution in [-0.4, -0.2) is 99.6 Å². The van der Waals surface area contributed by atoms with Crippen molar-refractivity contribution in [1.29, 1.82) is 0 Å². The van der Waals surface area contributed by atoms with E-state index in [2.05, 4.69) is 26.1 Å². The van der Waals surface area contributed by atoms with Crippen molar-refractivity contribution in [1.82, 2.24) is 5.32 Å². The molecule has 0 aromatic rings. The molecule has 11 heteroatoms. The van der Waals surface area contributed by atoms with E-state index in [1.54, 1.807) is 13.1 Å². The van der Waals surface area contributed by atoms with E-state index in [4.69, 9.17) is 23.7 Å². The van der Waals surface area contributed by atoms with E-state index < -0.39 is 52.9 Å². The number of Topliss-reactive ketones (excluding diaryl/α,β-unsaturated/α-hetero) is 1. The average Bonchev–Trinajstić information content (AvgIpc) is 3.50. The summed E-state index contributed by atoms with van der Waals surface area (Å²) in [5.41, 5.74) is -1.62. The van der Waals surface area contributed by atoms with Gasteiger partial charge in [-0.15, -0.1) is 0 Å². The van der Waals surface area contributed by atoms with Gasteiger partial charge in [-0.3, -0.25) is 9.59 Å². The lowest BCUT2D eigenvalue weighted by Gasteiger charge is -2.54. The highest BCUT2D eigenvalue weighted by Crippen LogP contribution is 2.54. The fourth-order valence-electron chi connectivity index (χ4n) is 10.7. The number of rotatable bonds is 12. The summed E-state index contributed by atoms with van der Waals surface area (Å²) in [7, 11) is 1.65. The molecule has 310 valence electrons. The number of carbonyl (C=O) groups is 2. The van der Waals surface area contributed by atoms with E-state index in [9.17, 15) is 24.9 Å². The van der Waals surface area contributed by atoms with Crippen molar-refractivity contribution < 1.29 is 48.6 Å². The van der Waals surface area contributed by atoms with E-state index >= 15 is 0 Å². The number of nitrogens with one attached hydrogen (secondary N) is 1. The van der Waals surface area contributed by atoms with Crippen molar-refractivity contribution in [2.24, 2.45) is 41.4 Å². The quantitative estimate of drug-likeness (QED) is 0.178. The maximum Gasteiger partial charge on any atom is 0.225 e. The van der Waals surface area contributed by atoms with E-state index in [-0.39, 0.29) is 65.7 Å². The Balaban J connectivity index is 1.31. The molecular weight excluding hydrogens is 690 g/mol. The Bertz CT molecular complexity index is 1340. The van der Waals surface area contributed by atoms with Crippen LogP contribution in [0.15, 0.2) is 12.2 Å². The molecule has 1 amide bonds. The standard InChI is InChI=1S/C43H73NO10/c1-12-30(39(48)44-11)32-16-15-24(4)37(51-32)28(8)35(46)27(7)36(47)31(13-2)38-25(5)23-26(6)42(52-38)20-17-33(45)43(54-42)22-21-40(10,53-43)34-18-19-41(49,14-3)29(9)50-34/h17,20,24-35,37-38,45-46,49H,12-16,18-19,21-23H2,1-11H3,(H,44,48)/t24-,25-,26+,27-,28-,29-,30+,31?,32+,33+,34+,35+,37+,38-,40-,41+,42-,43-/m0/s1. The highest BCUT2D eigenvalue weighted by molar-refractivity contribution is 5.84. The van der Waals surface area contributed by atoms with Gasteiger partial charge in [0.2, 0.25) is 11.7 Å². The Kier molecular flexibility index (Phi) is 13.6. The van der Waals surface area contributed by atoms with Crippen LogP contribution in [0, 0.1) is 41.4 Å². The molecule has 0 radical (unpaired) electrons. The molecule has 5 aliphatic rings. The second-order valence-electron chi connectivity index (χ2n) is 18.2. The van der Waals surface area contributed by atoms with Gasteiger partial charge in [0.1, 0.15) is 11.9 Å². The normalized spacial score (nSPS) is 45.5. The topological polar surface area (TPSA) is 153 Å². The van der Waals surface area contributed by atoms with Crippen LogP contribution in [0.2, 0.25) is 0 Å². The van der Waals surface area contributed by atoms with Crippen LogP contribution in [0.5, 0.6) is 0 Å². The first-order valence-electron chi connectivity index (χ1n) is 21.3. The number of hydrogen-bond acceptors (Lipinski definition) is 10. The van der Waals surface area contributed by atoms with E-state index in [1.165, 1.54) is 0 Å². The van der Waals surface area contributed by atoms with Gasteiger partial charge in [-0.1, -0.05) is 55.4 Å². The Morgan fingerprint density at radius 2 is 1.59 bits per heavy atom. The van der Waals surface area contributed by atoms with E-state index in [0.29, 0.717) is 44.9 Å². The molecule has 2 spiro atoms. The zero-order valence-corrected chi connectivity index (χ0v) is 35.0. The molecule has 4 saturated heterocycles. The molecule has 0 aromatic heterocycles. The van der Waals surface area contributed by atoms with Crippen LogP contribution in [0.25, 0.3) is 0 Å². The van der Waals surface area contributed by atoms with E-state index in [0.717, 1.165) is 19.3 Å². The first-order chi connectivity index (χ1) is 25.3. The second-order valence-corrected chi connectivity index (χ2v) is 18.2. The minimum absolute atomic E-state index is 0.0310. The van der Waals surface area contributed by atoms with E-state index in [1.807, 2.05) is 54.5 Å². The Labute approximate surface area is 324 Å². The highest BCUT2D eigenvalue weighted by atomic mass is 16.8. The summed E-state index contributed by atoms with van der Waals surface area (Å²) < 4.78 is 33.7. The monoisotopic (exact) mass is 764 g/mol. The third-order valence-electron chi connectivity index (χ3n) is 14.7. The largest absolute Gasteiger partial charge is 0.392 e. The summed E-state index contributed by atoms with van der Waals surface area (Å²) in [6, 6.07) is 0. The molecule has 5 heterocycles. The number of carbonyl (C=O) groups excluding carboxylic acids is 2. The molecule has 5 rings (SSSR count). The van der Waals surface area contributed by atoms with Crippen molar-refractivity contribution in [2.45, 2.75) is 199 Å². The predicted molar refractivity (Wildman–Crippen MR) is 205 cm³/mol. The van der Waals surface area contributed by atoms with Gasteiger partial charge >= 0.3 is 0 Å². The van der Waals surface area contributed by atoms with Gasteiger partial charge in [0, 0.05) is 37.1 Å². The summed E-state index contributed by atoms with van der Waals surface area (Å²) in [6.45, 7) is 20.0. The molecule has 4 fully saturated rings. The number of aliphatic hydroxyl groups is 3. The minimum Gasteiger partial charge on any atom is -0.392 e. The predicted octanol–water partition coefficient (Wildman–Crippen LogP) is 5.85. The van der Waals surface area contributed by atoms with Gasteiger partial charge in [-0.2, -0.15) is 0 Å². The van der Waals surface area contributed by atoms with Gasteiger partial charge in [-0.25, -0.2) is 0 Å². The van der Waals surface area contributed by atoms with Crippen LogP contribution in [0.1, 0.15) is 133 Å². The summed E-state index contributed by atoms with van der Waals surface area (Å²) in [5.74, 6) is -4.33. The molecule has 0 aromatic carbocycles. The summed E-state index contributed by atoms with van der Waals surface area (Å²) in [4.78, 5) is 27.1. The van der Waals surface area contributed by atoms with Crippen molar-refractivity contribution in [3.05, 3.63) is 12.2 Å². The first kappa shape index (κ1) is 43.7. The van der Waals surface area contributed by atoms with Crippen LogP contribution in [0.3, 0.4) is 0 Å². The minimum atomic E-state index is -1.36. The Morgan fingerprint density at radius 1 is 0.907 bits per heavy atom. The SMILES string of the molecule is CCC(C(=O)[C@@H](C)[C@@H](O)[C@H](C)[C@@H]1O[C@@H]([C@@H](CC)C(=O)NC)CC[C@@H]1C)[C@H]1O[C@]2(C=C[C@@H](O)[C@]3(CC[C@@](C)([C@H]4CC[C@](O)(CC)[C@H](C)O4)O3)O2)[C@H](C)C[C@@H]1C. The molecule has 11 nitrogen and oxygen atoms in total. The van der Waals surface area contributed by atoms with Gasteiger partial charge in [0.15, 0.2) is 5.79 Å². The molecule has 18 atom stereocenters. The number of ketones is 1. The van der Waals surface area contributed by atoms with Crippen LogP contribution in [0.4, 0.5) is 0 Å². The van der Waals surface area contributed by atoms with Crippen LogP contribution < -0.4 is 5.32 Å². The summed E-state index contributed by atoms with van der Waals surface area (Å²) in [5, 5.41) is 37.1. The number of ether oxygens (including phenoxy) is 5. The molecule has 0 bridgehead atoms. The number of aliphatic hydroxyl groups excluding tert-OH is 2. The molecule has 5 aliphatic heterocycles. The summed E-state index contributed by atoms with van der Waals surface area (Å²) in [6.07, 6.45) is 6.39. The van der Waals surface area contributed by atoms with Gasteiger partial charge < -0.3 is 44.3 Å². The summed E-state index contributed by atoms with van der Waals surface area (Å²) >= 11 is 0. The van der Waals surface area contributed by atoms with Crippen LogP contribution in [-0.2, 0) is 33.3 Å². The van der Waals surface area contributed by atoms with Crippen LogP contribution >= 0.6 is 0 Å². The smallest absolute Gasteiger partial charge is 0.225 e. The zero-order chi connectivity index (χ0) is 40.0. The lowest BCUT2D eigenvalue weighted by molar-refractivity contribution is -0.409. The molecule has 1 unspecified atom stereocenters. The highest BCUT2D eigenvalue weighted by Gasteiger charge is 2.63. The maximum absolute atomic E-state index is 14.5. The van der Waals surface area contributed by atoms with Crippen molar-refractivity contribution in [3.63, 3.8) is 0 Å².